The second-order valence-electron chi connectivity index (χ2n) is 3.30. The van der Waals surface area contributed by atoms with Crippen molar-refractivity contribution < 1.29 is 10.2 Å². The van der Waals surface area contributed by atoms with Crippen LogP contribution in [0.2, 0.25) is 0 Å². The molecule has 1 rings (SSSR count). The number of nitriles is 1. The van der Waals surface area contributed by atoms with Crippen LogP contribution in [-0.4, -0.2) is 29.9 Å². The van der Waals surface area contributed by atoms with Crippen LogP contribution < -0.4 is 5.32 Å². The number of hydrogen-bond acceptors (Lipinski definition) is 4. The van der Waals surface area contributed by atoms with E-state index in [1.54, 1.807) is 31.3 Å². The summed E-state index contributed by atoms with van der Waals surface area (Å²) in [6.45, 7) is 0.321. The largest absolute Gasteiger partial charge is 0.389 e. The topological polar surface area (TPSA) is 76.3 Å². The smallest absolute Gasteiger partial charge is 0.106 e. The van der Waals surface area contributed by atoms with Gasteiger partial charge in [0.1, 0.15) is 6.10 Å². The fourth-order valence-corrected chi connectivity index (χ4v) is 1.30. The average Bonchev–Trinajstić information content (AvgIpc) is 2.28. The third kappa shape index (κ3) is 3.03. The van der Waals surface area contributed by atoms with Crippen LogP contribution in [0.25, 0.3) is 0 Å². The molecule has 0 aliphatic rings. The van der Waals surface area contributed by atoms with E-state index in [0.717, 1.165) is 0 Å². The maximum absolute atomic E-state index is 9.71. The van der Waals surface area contributed by atoms with E-state index in [1.165, 1.54) is 0 Å². The van der Waals surface area contributed by atoms with Gasteiger partial charge in [-0.3, -0.25) is 0 Å². The van der Waals surface area contributed by atoms with Gasteiger partial charge in [-0.1, -0.05) is 12.1 Å². The van der Waals surface area contributed by atoms with Crippen molar-refractivity contribution in [2.75, 3.05) is 13.6 Å². The van der Waals surface area contributed by atoms with Crippen LogP contribution in [0.3, 0.4) is 0 Å². The number of benzene rings is 1. The van der Waals surface area contributed by atoms with Crippen LogP contribution in [0.1, 0.15) is 17.2 Å². The number of nitrogens with zero attached hydrogens (tertiary/aromatic N) is 1. The molecule has 1 aromatic carbocycles. The number of likely N-dealkylation sites (N-methyl/N-ethyl adjacent to an activating group) is 1. The second kappa shape index (κ2) is 5.47. The number of aliphatic hydroxyl groups is 2. The molecule has 0 radical (unpaired) electrons. The van der Waals surface area contributed by atoms with Crippen LogP contribution in [-0.2, 0) is 0 Å². The first-order chi connectivity index (χ1) is 7.19. The molecule has 0 amide bonds. The maximum atomic E-state index is 9.71. The molecule has 0 aromatic heterocycles. The molecule has 0 saturated heterocycles. The van der Waals surface area contributed by atoms with Gasteiger partial charge in [0.05, 0.1) is 17.7 Å². The van der Waals surface area contributed by atoms with Gasteiger partial charge in [-0.25, -0.2) is 0 Å². The molecule has 80 valence electrons. The number of hydrogen-bond donors (Lipinski definition) is 3. The summed E-state index contributed by atoms with van der Waals surface area (Å²) in [5.74, 6) is 0. The molecule has 0 aliphatic carbocycles. The predicted octanol–water partition coefficient (Wildman–Crippen LogP) is 0.172. The molecule has 15 heavy (non-hydrogen) atoms. The molecule has 0 fully saturated rings. The van der Waals surface area contributed by atoms with Gasteiger partial charge in [0.2, 0.25) is 0 Å². The minimum atomic E-state index is -0.926. The second-order valence-corrected chi connectivity index (χ2v) is 3.30. The molecule has 2 atom stereocenters. The third-order valence-electron chi connectivity index (χ3n) is 2.16. The Kier molecular flexibility index (Phi) is 4.25. The molecule has 4 nitrogen and oxygen atoms in total. The molecule has 1 aromatic rings. The van der Waals surface area contributed by atoms with Crippen LogP contribution in [0, 0.1) is 11.3 Å². The summed E-state index contributed by atoms with van der Waals surface area (Å²) >= 11 is 0. The third-order valence-corrected chi connectivity index (χ3v) is 2.16. The molecular formula is C11H14N2O2. The quantitative estimate of drug-likeness (QED) is 0.656. The summed E-state index contributed by atoms with van der Waals surface area (Å²) in [5.41, 5.74) is 1.14. The van der Waals surface area contributed by atoms with Gasteiger partial charge in [-0.2, -0.15) is 5.26 Å². The van der Waals surface area contributed by atoms with E-state index in [-0.39, 0.29) is 0 Å². The molecule has 3 N–H and O–H groups in total. The molecule has 4 heteroatoms. The van der Waals surface area contributed by atoms with Crippen molar-refractivity contribution in [3.8, 4) is 6.07 Å². The Morgan fingerprint density at radius 3 is 2.40 bits per heavy atom. The first kappa shape index (κ1) is 11.7. The molecular weight excluding hydrogens is 192 g/mol. The van der Waals surface area contributed by atoms with Gasteiger partial charge in [0.15, 0.2) is 0 Å². The van der Waals surface area contributed by atoms with Crippen LogP contribution >= 0.6 is 0 Å². The predicted molar refractivity (Wildman–Crippen MR) is 56.1 cm³/mol. The Morgan fingerprint density at radius 1 is 1.33 bits per heavy atom. The van der Waals surface area contributed by atoms with E-state index >= 15 is 0 Å². The Balaban J connectivity index is 2.74. The number of rotatable bonds is 4. The SMILES string of the molecule is CNCC(O)C(O)c1ccc(C#N)cc1. The van der Waals surface area contributed by atoms with Gasteiger partial charge in [-0.05, 0) is 24.7 Å². The molecule has 0 heterocycles. The molecule has 0 bridgehead atoms. The highest BCUT2D eigenvalue weighted by atomic mass is 16.3. The average molecular weight is 206 g/mol. The Bertz CT molecular complexity index is 343. The van der Waals surface area contributed by atoms with Crippen molar-refractivity contribution in [2.45, 2.75) is 12.2 Å². The number of aliphatic hydroxyl groups excluding tert-OH is 2. The monoisotopic (exact) mass is 206 g/mol. The lowest BCUT2D eigenvalue weighted by atomic mass is 10.0. The van der Waals surface area contributed by atoms with Crippen molar-refractivity contribution in [1.82, 2.24) is 5.32 Å². The van der Waals surface area contributed by atoms with Crippen molar-refractivity contribution in [3.63, 3.8) is 0 Å². The minimum absolute atomic E-state index is 0.321. The van der Waals surface area contributed by atoms with Crippen LogP contribution in [0.5, 0.6) is 0 Å². The van der Waals surface area contributed by atoms with Gasteiger partial charge in [0, 0.05) is 6.54 Å². The summed E-state index contributed by atoms with van der Waals surface area (Å²) in [6, 6.07) is 8.50. The number of nitrogens with one attached hydrogen (secondary N) is 1. The normalized spacial score (nSPS) is 14.3. The van der Waals surface area contributed by atoms with E-state index in [4.69, 9.17) is 5.26 Å². The summed E-state index contributed by atoms with van der Waals surface area (Å²) in [4.78, 5) is 0. The lowest BCUT2D eigenvalue weighted by Crippen LogP contribution is -2.29. The molecule has 0 spiro atoms. The summed E-state index contributed by atoms with van der Waals surface area (Å²) in [5, 5.41) is 30.6. The zero-order valence-corrected chi connectivity index (χ0v) is 8.51. The Labute approximate surface area is 88.8 Å². The van der Waals surface area contributed by atoms with Gasteiger partial charge >= 0.3 is 0 Å². The fourth-order valence-electron chi connectivity index (χ4n) is 1.30. The zero-order valence-electron chi connectivity index (χ0n) is 8.51. The standard InChI is InChI=1S/C11H14N2O2/c1-13-7-10(14)11(15)9-4-2-8(6-12)3-5-9/h2-5,10-11,13-15H,7H2,1H3. The van der Waals surface area contributed by atoms with E-state index in [1.807, 2.05) is 6.07 Å². The Hall–Kier alpha value is -1.41. The van der Waals surface area contributed by atoms with E-state index in [2.05, 4.69) is 5.32 Å². The summed E-state index contributed by atoms with van der Waals surface area (Å²) < 4.78 is 0. The van der Waals surface area contributed by atoms with E-state index in [0.29, 0.717) is 17.7 Å². The summed E-state index contributed by atoms with van der Waals surface area (Å²) in [7, 11) is 1.70. The fraction of sp³-hybridized carbons (Fsp3) is 0.364. The first-order valence-corrected chi connectivity index (χ1v) is 4.70. The van der Waals surface area contributed by atoms with E-state index < -0.39 is 12.2 Å². The highest BCUT2D eigenvalue weighted by Crippen LogP contribution is 2.16. The van der Waals surface area contributed by atoms with E-state index in [9.17, 15) is 10.2 Å². The van der Waals surface area contributed by atoms with Crippen molar-refractivity contribution in [1.29, 1.82) is 5.26 Å². The first-order valence-electron chi connectivity index (χ1n) is 4.70. The zero-order chi connectivity index (χ0) is 11.3. The van der Waals surface area contributed by atoms with Gasteiger partial charge < -0.3 is 15.5 Å². The molecule has 2 unspecified atom stereocenters. The van der Waals surface area contributed by atoms with Gasteiger partial charge in [0.25, 0.3) is 0 Å². The lowest BCUT2D eigenvalue weighted by molar-refractivity contribution is 0.0202. The highest BCUT2D eigenvalue weighted by Gasteiger charge is 2.16. The Morgan fingerprint density at radius 2 is 1.93 bits per heavy atom. The lowest BCUT2D eigenvalue weighted by Gasteiger charge is -2.17. The molecule has 0 saturated carbocycles. The molecule has 0 aliphatic heterocycles. The van der Waals surface area contributed by atoms with Crippen molar-refractivity contribution in [2.24, 2.45) is 0 Å². The van der Waals surface area contributed by atoms with Crippen molar-refractivity contribution in [3.05, 3.63) is 35.4 Å². The van der Waals surface area contributed by atoms with Crippen LogP contribution in [0.15, 0.2) is 24.3 Å². The van der Waals surface area contributed by atoms with Crippen molar-refractivity contribution >= 4 is 0 Å². The summed E-state index contributed by atoms with van der Waals surface area (Å²) in [6.07, 6.45) is -1.77. The minimum Gasteiger partial charge on any atom is -0.389 e. The highest BCUT2D eigenvalue weighted by molar-refractivity contribution is 5.32. The maximum Gasteiger partial charge on any atom is 0.106 e. The van der Waals surface area contributed by atoms with Gasteiger partial charge in [-0.15, -0.1) is 0 Å². The van der Waals surface area contributed by atoms with Crippen LogP contribution in [0.4, 0.5) is 0 Å².